The summed E-state index contributed by atoms with van der Waals surface area (Å²) < 4.78 is 42.7. The van der Waals surface area contributed by atoms with Crippen LogP contribution >= 0.6 is 23.2 Å². The van der Waals surface area contributed by atoms with Crippen LogP contribution in [0.25, 0.3) is 11.0 Å². The Morgan fingerprint density at radius 3 is 2.52 bits per heavy atom. The van der Waals surface area contributed by atoms with Crippen molar-refractivity contribution in [3.8, 4) is 0 Å². The van der Waals surface area contributed by atoms with Crippen molar-refractivity contribution >= 4 is 42.6 Å². The SMILES string of the molecule is CC1(C)O[C@H]2[C@@H](O1)[C@H](n1ccc3c(Cl)ncnc31)O[C@@H]2[C@H](O)c1ccc(Cl)cc1[C@H](F)CO[Si](C)(C)C(C)(C)C. The molecule has 40 heavy (non-hydrogen) atoms. The van der Waals surface area contributed by atoms with Crippen molar-refractivity contribution in [3.63, 3.8) is 0 Å². The minimum Gasteiger partial charge on any atom is -0.414 e. The summed E-state index contributed by atoms with van der Waals surface area (Å²) in [6.07, 6.45) is -2.35. The van der Waals surface area contributed by atoms with Crippen LogP contribution < -0.4 is 0 Å². The smallest absolute Gasteiger partial charge is 0.192 e. The molecule has 2 aromatic heterocycles. The minimum absolute atomic E-state index is 0.0739. The topological polar surface area (TPSA) is 87.9 Å². The fourth-order valence-corrected chi connectivity index (χ4v) is 6.45. The van der Waals surface area contributed by atoms with Crippen molar-refractivity contribution in [1.82, 2.24) is 14.5 Å². The van der Waals surface area contributed by atoms with Gasteiger partial charge in [0.15, 0.2) is 20.3 Å². The monoisotopic (exact) mass is 611 g/mol. The molecule has 2 fully saturated rings. The van der Waals surface area contributed by atoms with Gasteiger partial charge in [0.1, 0.15) is 47.7 Å². The number of fused-ring (bicyclic) bond motifs is 2. The lowest BCUT2D eigenvalue weighted by Crippen LogP contribution is -2.41. The summed E-state index contributed by atoms with van der Waals surface area (Å²) in [7, 11) is -2.20. The van der Waals surface area contributed by atoms with Gasteiger partial charge in [0, 0.05) is 11.2 Å². The van der Waals surface area contributed by atoms with Gasteiger partial charge in [0.05, 0.1) is 12.0 Å². The van der Waals surface area contributed by atoms with Crippen molar-refractivity contribution in [3.05, 3.63) is 58.1 Å². The Bertz CT molecular complexity index is 1400. The maximum absolute atomic E-state index is 15.8. The molecule has 218 valence electrons. The van der Waals surface area contributed by atoms with Crippen LogP contribution in [0.1, 0.15) is 64.2 Å². The number of aliphatic hydroxyl groups excluding tert-OH is 1. The van der Waals surface area contributed by atoms with Crippen LogP contribution in [0.2, 0.25) is 28.3 Å². The molecule has 4 heterocycles. The van der Waals surface area contributed by atoms with Gasteiger partial charge in [-0.25, -0.2) is 14.4 Å². The molecule has 8 nitrogen and oxygen atoms in total. The number of ether oxygens (including phenoxy) is 3. The third-order valence-electron chi connectivity index (χ3n) is 8.21. The molecule has 0 saturated carbocycles. The highest BCUT2D eigenvalue weighted by molar-refractivity contribution is 6.74. The highest BCUT2D eigenvalue weighted by atomic mass is 35.5. The number of hydrogen-bond acceptors (Lipinski definition) is 7. The molecule has 1 N–H and O–H groups in total. The van der Waals surface area contributed by atoms with Crippen LogP contribution in [-0.2, 0) is 18.6 Å². The van der Waals surface area contributed by atoms with Gasteiger partial charge in [-0.15, -0.1) is 0 Å². The number of nitrogens with zero attached hydrogens (tertiary/aromatic N) is 3. The molecule has 5 rings (SSSR count). The predicted molar refractivity (Wildman–Crippen MR) is 154 cm³/mol. The quantitative estimate of drug-likeness (QED) is 0.229. The first-order valence-corrected chi connectivity index (χ1v) is 17.0. The lowest BCUT2D eigenvalue weighted by atomic mass is 9.93. The normalized spacial score (nSPS) is 26.3. The number of alkyl halides is 1. The fraction of sp³-hybridized carbons (Fsp3) is 0.571. The van der Waals surface area contributed by atoms with Crippen molar-refractivity contribution in [2.24, 2.45) is 0 Å². The largest absolute Gasteiger partial charge is 0.414 e. The molecule has 0 amide bonds. The summed E-state index contributed by atoms with van der Waals surface area (Å²) in [6, 6.07) is 6.60. The zero-order valence-corrected chi connectivity index (χ0v) is 26.2. The molecular weight excluding hydrogens is 576 g/mol. The molecule has 0 spiro atoms. The maximum Gasteiger partial charge on any atom is 0.192 e. The Balaban J connectivity index is 1.46. The van der Waals surface area contributed by atoms with E-state index in [0.29, 0.717) is 26.8 Å². The molecule has 2 aliphatic rings. The Morgan fingerprint density at radius 1 is 1.12 bits per heavy atom. The van der Waals surface area contributed by atoms with Crippen LogP contribution in [0.3, 0.4) is 0 Å². The fourth-order valence-electron chi connectivity index (χ4n) is 5.08. The predicted octanol–water partition coefficient (Wildman–Crippen LogP) is 6.92. The zero-order chi connectivity index (χ0) is 29.2. The second-order valence-corrected chi connectivity index (χ2v) is 18.0. The zero-order valence-electron chi connectivity index (χ0n) is 23.7. The Kier molecular flexibility index (Phi) is 7.89. The van der Waals surface area contributed by atoms with E-state index in [4.69, 9.17) is 41.8 Å². The Morgan fingerprint density at radius 2 is 1.82 bits per heavy atom. The Hall–Kier alpha value is -1.63. The van der Waals surface area contributed by atoms with E-state index in [1.54, 1.807) is 29.0 Å². The molecule has 2 saturated heterocycles. The summed E-state index contributed by atoms with van der Waals surface area (Å²) in [6.45, 7) is 13.9. The first-order chi connectivity index (χ1) is 18.6. The van der Waals surface area contributed by atoms with Gasteiger partial charge in [-0.2, -0.15) is 0 Å². The van der Waals surface area contributed by atoms with Gasteiger partial charge in [-0.3, -0.25) is 0 Å². The third kappa shape index (κ3) is 5.45. The summed E-state index contributed by atoms with van der Waals surface area (Å²) in [5.74, 6) is -0.923. The third-order valence-corrected chi connectivity index (χ3v) is 13.2. The molecule has 0 aliphatic carbocycles. The lowest BCUT2D eigenvalue weighted by Gasteiger charge is -2.36. The van der Waals surface area contributed by atoms with E-state index in [-0.39, 0.29) is 17.2 Å². The van der Waals surface area contributed by atoms with Crippen LogP contribution in [0.4, 0.5) is 4.39 Å². The molecule has 0 radical (unpaired) electrons. The summed E-state index contributed by atoms with van der Waals surface area (Å²) in [4.78, 5) is 8.43. The van der Waals surface area contributed by atoms with Gasteiger partial charge >= 0.3 is 0 Å². The lowest BCUT2D eigenvalue weighted by molar-refractivity contribution is -0.207. The molecular formula is C28H36Cl2FN3O5Si. The van der Waals surface area contributed by atoms with E-state index in [1.807, 2.05) is 13.8 Å². The average molecular weight is 613 g/mol. The molecule has 12 heteroatoms. The van der Waals surface area contributed by atoms with Crippen LogP contribution in [0.15, 0.2) is 36.8 Å². The number of aliphatic hydroxyl groups is 1. The number of halogens is 3. The van der Waals surface area contributed by atoms with Gasteiger partial charge in [-0.05, 0) is 61.3 Å². The highest BCUT2D eigenvalue weighted by Crippen LogP contribution is 2.48. The number of hydrogen-bond donors (Lipinski definition) is 1. The van der Waals surface area contributed by atoms with E-state index in [9.17, 15) is 5.11 Å². The van der Waals surface area contributed by atoms with Crippen molar-refractivity contribution in [2.45, 2.75) is 95.4 Å². The van der Waals surface area contributed by atoms with Crippen molar-refractivity contribution in [1.29, 1.82) is 0 Å². The first-order valence-electron chi connectivity index (χ1n) is 13.3. The Labute approximate surface area is 244 Å². The van der Waals surface area contributed by atoms with Crippen molar-refractivity contribution < 1.29 is 28.1 Å². The molecule has 1 aromatic carbocycles. The van der Waals surface area contributed by atoms with Crippen LogP contribution in [0.5, 0.6) is 0 Å². The van der Waals surface area contributed by atoms with Gasteiger partial charge in [-0.1, -0.05) is 50.0 Å². The second-order valence-electron chi connectivity index (χ2n) is 12.4. The van der Waals surface area contributed by atoms with E-state index < -0.39 is 50.9 Å². The van der Waals surface area contributed by atoms with Gasteiger partial charge < -0.3 is 28.3 Å². The number of benzene rings is 1. The van der Waals surface area contributed by atoms with Gasteiger partial charge in [0.2, 0.25) is 0 Å². The number of rotatable bonds is 7. The van der Waals surface area contributed by atoms with Crippen LogP contribution in [-0.4, -0.2) is 58.7 Å². The standard InChI is InChI=1S/C28H36Cl2FN3O5Si/c1-27(2,3)40(6,7)36-13-19(31)18-12-15(29)8-9-16(18)20(35)21-22-23(39-28(4,5)38-22)26(37-21)34-11-10-17-24(30)32-14-33-25(17)34/h8-12,14,19-23,26,35H,13H2,1-7H3/t19-,20-,21-,22-,23-,26-/m1/s1. The van der Waals surface area contributed by atoms with E-state index in [2.05, 4.69) is 43.8 Å². The number of aromatic nitrogens is 3. The summed E-state index contributed by atoms with van der Waals surface area (Å²) >= 11 is 12.6. The maximum atomic E-state index is 15.8. The summed E-state index contributed by atoms with van der Waals surface area (Å²) in [5, 5.41) is 13.0. The van der Waals surface area contributed by atoms with Gasteiger partial charge in [0.25, 0.3) is 0 Å². The molecule has 0 bridgehead atoms. The molecule has 0 unspecified atom stereocenters. The first kappa shape index (κ1) is 29.8. The van der Waals surface area contributed by atoms with E-state index in [0.717, 1.165) is 0 Å². The van der Waals surface area contributed by atoms with Crippen LogP contribution in [0, 0.1) is 0 Å². The van der Waals surface area contributed by atoms with E-state index in [1.165, 1.54) is 12.4 Å². The minimum atomic E-state index is -2.20. The summed E-state index contributed by atoms with van der Waals surface area (Å²) in [5.41, 5.74) is 1.17. The highest BCUT2D eigenvalue weighted by Gasteiger charge is 2.58. The molecule has 6 atom stereocenters. The molecule has 3 aromatic rings. The van der Waals surface area contributed by atoms with Crippen molar-refractivity contribution in [2.75, 3.05) is 6.61 Å². The van der Waals surface area contributed by atoms with E-state index >= 15 is 4.39 Å². The average Bonchev–Trinajstić information content (AvgIpc) is 3.52. The molecule has 2 aliphatic heterocycles. The second kappa shape index (κ2) is 10.6.